The van der Waals surface area contributed by atoms with Gasteiger partial charge in [0.15, 0.2) is 0 Å². The second kappa shape index (κ2) is 5.43. The molecule has 3 nitrogen and oxygen atoms in total. The number of hydrogen-bond acceptors (Lipinski definition) is 4. The lowest BCUT2D eigenvalue weighted by Crippen LogP contribution is -1.96. The molecule has 2 heterocycles. The first kappa shape index (κ1) is 11.6. The van der Waals surface area contributed by atoms with E-state index in [2.05, 4.69) is 25.9 Å². The Balaban J connectivity index is 2.24. The maximum Gasteiger partial charge on any atom is 0.116 e. The molecule has 0 aliphatic carbocycles. The van der Waals surface area contributed by atoms with Crippen molar-refractivity contribution in [3.8, 4) is 0 Å². The summed E-state index contributed by atoms with van der Waals surface area (Å²) in [6.45, 7) is 0.527. The van der Waals surface area contributed by atoms with Crippen molar-refractivity contribution in [1.82, 2.24) is 9.97 Å². The fourth-order valence-corrected chi connectivity index (χ4v) is 2.48. The molecule has 0 aliphatic rings. The lowest BCUT2D eigenvalue weighted by Gasteiger charge is -2.03. The van der Waals surface area contributed by atoms with Crippen LogP contribution in [0.15, 0.2) is 51.2 Å². The van der Waals surface area contributed by atoms with Crippen LogP contribution in [0.4, 0.5) is 0 Å². The van der Waals surface area contributed by atoms with Crippen LogP contribution in [-0.2, 0) is 6.54 Å². The topological polar surface area (TPSA) is 51.8 Å². The first-order valence-corrected chi connectivity index (χ1v) is 6.34. The molecule has 0 amide bonds. The van der Waals surface area contributed by atoms with E-state index >= 15 is 0 Å². The molecule has 2 aromatic rings. The molecular formula is C11H10BrN3S. The molecule has 0 radical (unpaired) electrons. The maximum absolute atomic E-state index is 5.58. The molecule has 5 heteroatoms. The fraction of sp³-hybridized carbons (Fsp3) is 0.0909. The molecule has 16 heavy (non-hydrogen) atoms. The van der Waals surface area contributed by atoms with Gasteiger partial charge in [-0.15, -0.1) is 0 Å². The van der Waals surface area contributed by atoms with E-state index in [-0.39, 0.29) is 0 Å². The third-order valence-corrected chi connectivity index (χ3v) is 3.81. The van der Waals surface area contributed by atoms with E-state index in [0.717, 1.165) is 20.1 Å². The highest BCUT2D eigenvalue weighted by Gasteiger charge is 2.04. The SMILES string of the molecule is NCc1ccnc(Sc2ncccc2Br)c1. The standard InChI is InChI=1S/C11H10BrN3S/c12-9-2-1-4-15-11(9)16-10-6-8(7-13)3-5-14-10/h1-6H,7,13H2. The van der Waals surface area contributed by atoms with Crippen molar-refractivity contribution in [2.24, 2.45) is 5.73 Å². The Hall–Kier alpha value is -0.910. The van der Waals surface area contributed by atoms with Crippen LogP contribution < -0.4 is 5.73 Å². The normalized spacial score (nSPS) is 10.4. The van der Waals surface area contributed by atoms with E-state index in [0.29, 0.717) is 6.54 Å². The minimum Gasteiger partial charge on any atom is -0.326 e. The summed E-state index contributed by atoms with van der Waals surface area (Å²) in [5.74, 6) is 0. The first-order valence-electron chi connectivity index (χ1n) is 4.73. The summed E-state index contributed by atoms with van der Waals surface area (Å²) in [5.41, 5.74) is 6.65. The van der Waals surface area contributed by atoms with Crippen LogP contribution in [0, 0.1) is 0 Å². The predicted octanol–water partition coefficient (Wildman–Crippen LogP) is 2.85. The molecule has 0 fully saturated rings. The second-order valence-electron chi connectivity index (χ2n) is 3.10. The van der Waals surface area contributed by atoms with E-state index in [4.69, 9.17) is 5.73 Å². The predicted molar refractivity (Wildman–Crippen MR) is 68.2 cm³/mol. The van der Waals surface area contributed by atoms with E-state index in [1.807, 2.05) is 24.3 Å². The molecule has 0 bridgehead atoms. The van der Waals surface area contributed by atoms with Gasteiger partial charge in [0.25, 0.3) is 0 Å². The largest absolute Gasteiger partial charge is 0.326 e. The summed E-state index contributed by atoms with van der Waals surface area (Å²) in [5, 5.41) is 1.81. The zero-order chi connectivity index (χ0) is 11.4. The van der Waals surface area contributed by atoms with Gasteiger partial charge in [0.05, 0.1) is 4.47 Å². The first-order chi connectivity index (χ1) is 7.79. The van der Waals surface area contributed by atoms with Crippen molar-refractivity contribution in [3.05, 3.63) is 46.7 Å². The lowest BCUT2D eigenvalue weighted by atomic mass is 10.3. The third kappa shape index (κ3) is 2.81. The van der Waals surface area contributed by atoms with Crippen molar-refractivity contribution < 1.29 is 0 Å². The zero-order valence-electron chi connectivity index (χ0n) is 8.43. The molecule has 0 spiro atoms. The van der Waals surface area contributed by atoms with Gasteiger partial charge in [-0.2, -0.15) is 0 Å². The average Bonchev–Trinajstić information content (AvgIpc) is 2.32. The molecular weight excluding hydrogens is 286 g/mol. The van der Waals surface area contributed by atoms with Crippen molar-refractivity contribution in [3.63, 3.8) is 0 Å². The van der Waals surface area contributed by atoms with Gasteiger partial charge in [0.1, 0.15) is 10.1 Å². The smallest absolute Gasteiger partial charge is 0.116 e. The van der Waals surface area contributed by atoms with Gasteiger partial charge in [0.2, 0.25) is 0 Å². The Bertz CT molecular complexity index is 490. The van der Waals surface area contributed by atoms with Gasteiger partial charge in [-0.05, 0) is 57.5 Å². The highest BCUT2D eigenvalue weighted by Crippen LogP contribution is 2.30. The maximum atomic E-state index is 5.58. The van der Waals surface area contributed by atoms with Gasteiger partial charge < -0.3 is 5.73 Å². The molecule has 0 aromatic carbocycles. The van der Waals surface area contributed by atoms with Crippen LogP contribution in [0.3, 0.4) is 0 Å². The van der Waals surface area contributed by atoms with Gasteiger partial charge in [-0.25, -0.2) is 9.97 Å². The Kier molecular flexibility index (Phi) is 3.93. The number of halogens is 1. The number of hydrogen-bond donors (Lipinski definition) is 1. The molecule has 2 rings (SSSR count). The van der Waals surface area contributed by atoms with Crippen LogP contribution in [0.5, 0.6) is 0 Å². The van der Waals surface area contributed by atoms with Crippen molar-refractivity contribution in [1.29, 1.82) is 0 Å². The minimum atomic E-state index is 0.527. The fourth-order valence-electron chi connectivity index (χ4n) is 1.18. The summed E-state index contributed by atoms with van der Waals surface area (Å²) in [6, 6.07) is 7.74. The minimum absolute atomic E-state index is 0.527. The summed E-state index contributed by atoms with van der Waals surface area (Å²) in [4.78, 5) is 8.54. The van der Waals surface area contributed by atoms with E-state index < -0.39 is 0 Å². The highest BCUT2D eigenvalue weighted by molar-refractivity contribution is 9.10. The Morgan fingerprint density at radius 3 is 2.88 bits per heavy atom. The number of nitrogens with zero attached hydrogens (tertiary/aromatic N) is 2. The number of rotatable bonds is 3. The van der Waals surface area contributed by atoms with E-state index in [9.17, 15) is 0 Å². The Labute approximate surface area is 107 Å². The summed E-state index contributed by atoms with van der Waals surface area (Å²) in [6.07, 6.45) is 3.53. The van der Waals surface area contributed by atoms with Crippen LogP contribution in [-0.4, -0.2) is 9.97 Å². The van der Waals surface area contributed by atoms with Crippen molar-refractivity contribution >= 4 is 27.7 Å². The van der Waals surface area contributed by atoms with Crippen LogP contribution in [0.1, 0.15) is 5.56 Å². The summed E-state index contributed by atoms with van der Waals surface area (Å²) in [7, 11) is 0. The number of pyridine rings is 2. The average molecular weight is 296 g/mol. The van der Waals surface area contributed by atoms with Crippen molar-refractivity contribution in [2.45, 2.75) is 16.6 Å². The van der Waals surface area contributed by atoms with Crippen LogP contribution >= 0.6 is 27.7 Å². The highest BCUT2D eigenvalue weighted by atomic mass is 79.9. The molecule has 82 valence electrons. The lowest BCUT2D eigenvalue weighted by molar-refractivity contribution is 1.01. The monoisotopic (exact) mass is 295 g/mol. The van der Waals surface area contributed by atoms with Crippen LogP contribution in [0.2, 0.25) is 0 Å². The van der Waals surface area contributed by atoms with Gasteiger partial charge in [-0.1, -0.05) is 0 Å². The molecule has 0 saturated carbocycles. The molecule has 0 atom stereocenters. The van der Waals surface area contributed by atoms with Gasteiger partial charge in [-0.3, -0.25) is 0 Å². The van der Waals surface area contributed by atoms with Gasteiger partial charge in [0, 0.05) is 18.9 Å². The zero-order valence-corrected chi connectivity index (χ0v) is 10.8. The van der Waals surface area contributed by atoms with Crippen molar-refractivity contribution in [2.75, 3.05) is 0 Å². The number of aromatic nitrogens is 2. The molecule has 0 unspecified atom stereocenters. The number of nitrogens with two attached hydrogens (primary N) is 1. The molecule has 2 aromatic heterocycles. The van der Waals surface area contributed by atoms with E-state index in [1.54, 1.807) is 12.4 Å². The molecule has 0 saturated heterocycles. The summed E-state index contributed by atoms with van der Waals surface area (Å²) < 4.78 is 0.972. The van der Waals surface area contributed by atoms with E-state index in [1.165, 1.54) is 11.8 Å². The summed E-state index contributed by atoms with van der Waals surface area (Å²) >= 11 is 4.97. The third-order valence-electron chi connectivity index (χ3n) is 1.96. The van der Waals surface area contributed by atoms with Crippen LogP contribution in [0.25, 0.3) is 0 Å². The molecule has 0 aliphatic heterocycles. The quantitative estimate of drug-likeness (QED) is 0.946. The Morgan fingerprint density at radius 1 is 1.25 bits per heavy atom. The molecule has 2 N–H and O–H groups in total. The van der Waals surface area contributed by atoms with Gasteiger partial charge >= 0.3 is 0 Å². The second-order valence-corrected chi connectivity index (χ2v) is 4.96. The Morgan fingerprint density at radius 2 is 2.12 bits per heavy atom.